The lowest BCUT2D eigenvalue weighted by atomic mass is 9.80. The number of hydrogen-bond acceptors (Lipinski definition) is 4. The van der Waals surface area contributed by atoms with Crippen LogP contribution in [0.2, 0.25) is 0 Å². The van der Waals surface area contributed by atoms with Crippen molar-refractivity contribution in [3.05, 3.63) is 52.7 Å². The number of methoxy groups -OCH3 is 1. The van der Waals surface area contributed by atoms with E-state index in [4.69, 9.17) is 4.74 Å². The lowest BCUT2D eigenvalue weighted by Crippen LogP contribution is -2.33. The maximum absolute atomic E-state index is 5.33. The van der Waals surface area contributed by atoms with Gasteiger partial charge in [-0.3, -0.25) is 0 Å². The molecular weight excluding hydrogens is 334 g/mol. The van der Waals surface area contributed by atoms with Gasteiger partial charge in [0.25, 0.3) is 0 Å². The number of fused-ring (bicyclic) bond motifs is 1. The number of benzene rings is 1. The minimum Gasteiger partial charge on any atom is -0.481 e. The first-order valence-electron chi connectivity index (χ1n) is 10.1. The van der Waals surface area contributed by atoms with Crippen LogP contribution in [0.1, 0.15) is 61.9 Å². The van der Waals surface area contributed by atoms with Crippen LogP contribution >= 0.6 is 0 Å². The lowest BCUT2D eigenvalue weighted by molar-refractivity contribution is 0.398. The summed E-state index contributed by atoms with van der Waals surface area (Å²) < 4.78 is 5.33. The molecule has 1 aromatic heterocycles. The van der Waals surface area contributed by atoms with E-state index in [-0.39, 0.29) is 5.41 Å². The normalized spacial score (nSPS) is 19.9. The summed E-state index contributed by atoms with van der Waals surface area (Å²) in [6.45, 7) is 10.1. The molecule has 0 radical (unpaired) electrons. The molecule has 0 amide bonds. The second-order valence-corrected chi connectivity index (χ2v) is 8.83. The number of aromatic nitrogens is 1. The molecule has 4 nitrogen and oxygen atoms in total. The summed E-state index contributed by atoms with van der Waals surface area (Å²) in [5.41, 5.74) is 7.40. The molecule has 4 rings (SSSR count). The smallest absolute Gasteiger partial charge is 0.214 e. The first-order valence-corrected chi connectivity index (χ1v) is 10.1. The van der Waals surface area contributed by atoms with Crippen LogP contribution in [0.3, 0.4) is 0 Å². The van der Waals surface area contributed by atoms with Gasteiger partial charge >= 0.3 is 0 Å². The summed E-state index contributed by atoms with van der Waals surface area (Å²) in [4.78, 5) is 6.72. The van der Waals surface area contributed by atoms with Gasteiger partial charge in [-0.15, -0.1) is 0 Å². The molecule has 0 unspecified atom stereocenters. The molecule has 2 aliphatic rings. The molecule has 3 heterocycles. The van der Waals surface area contributed by atoms with E-state index < -0.39 is 0 Å². The van der Waals surface area contributed by atoms with E-state index in [0.29, 0.717) is 11.9 Å². The molecule has 2 aliphatic heterocycles. The molecule has 0 spiro atoms. The fourth-order valence-electron chi connectivity index (χ4n) is 4.32. The van der Waals surface area contributed by atoms with Crippen molar-refractivity contribution in [3.8, 4) is 5.88 Å². The van der Waals surface area contributed by atoms with Gasteiger partial charge in [0.2, 0.25) is 5.88 Å². The molecule has 0 bridgehead atoms. The van der Waals surface area contributed by atoms with E-state index in [1.165, 1.54) is 40.8 Å². The maximum Gasteiger partial charge on any atom is 0.214 e. The summed E-state index contributed by atoms with van der Waals surface area (Å²) in [5.74, 6) is 0.680. The van der Waals surface area contributed by atoms with Gasteiger partial charge in [-0.1, -0.05) is 32.9 Å². The van der Waals surface area contributed by atoms with Gasteiger partial charge in [0, 0.05) is 37.1 Å². The van der Waals surface area contributed by atoms with Crippen molar-refractivity contribution < 1.29 is 4.74 Å². The number of nitrogens with one attached hydrogen (secondary N) is 1. The quantitative estimate of drug-likeness (QED) is 0.876. The highest BCUT2D eigenvalue weighted by Gasteiger charge is 2.28. The lowest BCUT2D eigenvalue weighted by Gasteiger charge is -2.35. The van der Waals surface area contributed by atoms with Crippen molar-refractivity contribution in [3.63, 3.8) is 0 Å². The SMILES string of the molecule is COc1cc(N2CCc3cc(C(C)(C)C)cc([C@@H]4CCCN4)c3C2)ccn1. The van der Waals surface area contributed by atoms with E-state index >= 15 is 0 Å². The summed E-state index contributed by atoms with van der Waals surface area (Å²) in [5, 5.41) is 3.73. The first-order chi connectivity index (χ1) is 13.0. The van der Waals surface area contributed by atoms with Crippen LogP contribution in [0.15, 0.2) is 30.5 Å². The summed E-state index contributed by atoms with van der Waals surface area (Å²) in [6, 6.07) is 9.55. The molecule has 27 heavy (non-hydrogen) atoms. The van der Waals surface area contributed by atoms with Crippen molar-refractivity contribution in [2.45, 2.75) is 58.0 Å². The fourth-order valence-corrected chi connectivity index (χ4v) is 4.32. The monoisotopic (exact) mass is 365 g/mol. The second kappa shape index (κ2) is 7.16. The number of pyridine rings is 1. The van der Waals surface area contributed by atoms with Crippen LogP contribution in [0.4, 0.5) is 5.69 Å². The summed E-state index contributed by atoms with van der Waals surface area (Å²) >= 11 is 0. The third-order valence-corrected chi connectivity index (χ3v) is 5.97. The average molecular weight is 366 g/mol. The first kappa shape index (κ1) is 18.3. The van der Waals surface area contributed by atoms with Gasteiger partial charge < -0.3 is 15.0 Å². The van der Waals surface area contributed by atoms with Gasteiger partial charge in [-0.2, -0.15) is 0 Å². The van der Waals surface area contributed by atoms with E-state index in [1.54, 1.807) is 7.11 Å². The molecule has 2 aromatic rings. The number of anilines is 1. The fraction of sp³-hybridized carbons (Fsp3) is 0.522. The number of rotatable bonds is 3. The average Bonchev–Trinajstić information content (AvgIpc) is 3.20. The van der Waals surface area contributed by atoms with E-state index in [9.17, 15) is 0 Å². The molecular formula is C23H31N3O. The van der Waals surface area contributed by atoms with Crippen LogP contribution in [0, 0.1) is 0 Å². The molecule has 1 saturated heterocycles. The highest BCUT2D eigenvalue weighted by Crippen LogP contribution is 2.37. The molecule has 4 heteroatoms. The van der Waals surface area contributed by atoms with Crippen molar-refractivity contribution >= 4 is 5.69 Å². The zero-order chi connectivity index (χ0) is 19.0. The molecule has 1 aromatic carbocycles. The Balaban J connectivity index is 1.72. The Bertz CT molecular complexity index is 819. The molecule has 1 fully saturated rings. The standard InChI is InChI=1S/C23H31N3O/c1-23(2,3)17-12-16-8-11-26(18-7-10-25-22(14-18)27-4)15-20(16)19(13-17)21-6-5-9-24-21/h7,10,12-14,21,24H,5-6,8-9,11,15H2,1-4H3/t21-/m0/s1. The third-order valence-electron chi connectivity index (χ3n) is 5.97. The van der Waals surface area contributed by atoms with Gasteiger partial charge in [-0.05, 0) is 59.5 Å². The van der Waals surface area contributed by atoms with Gasteiger partial charge in [-0.25, -0.2) is 4.98 Å². The summed E-state index contributed by atoms with van der Waals surface area (Å²) in [7, 11) is 1.68. The number of nitrogens with zero attached hydrogens (tertiary/aromatic N) is 2. The van der Waals surface area contributed by atoms with Crippen LogP contribution in [-0.4, -0.2) is 25.2 Å². The van der Waals surface area contributed by atoms with Gasteiger partial charge in [0.15, 0.2) is 0 Å². The zero-order valence-corrected chi connectivity index (χ0v) is 17.0. The number of ether oxygens (including phenoxy) is 1. The largest absolute Gasteiger partial charge is 0.481 e. The van der Waals surface area contributed by atoms with Crippen molar-refractivity contribution in [1.29, 1.82) is 0 Å². The van der Waals surface area contributed by atoms with E-state index in [2.05, 4.69) is 54.2 Å². The Morgan fingerprint density at radius 3 is 2.78 bits per heavy atom. The van der Waals surface area contributed by atoms with Gasteiger partial charge in [0.05, 0.1) is 7.11 Å². The van der Waals surface area contributed by atoms with E-state index in [1.807, 2.05) is 12.3 Å². The molecule has 0 saturated carbocycles. The minimum absolute atomic E-state index is 0.179. The topological polar surface area (TPSA) is 37.4 Å². The Hall–Kier alpha value is -2.07. The molecule has 1 N–H and O–H groups in total. The molecule has 1 atom stereocenters. The Morgan fingerprint density at radius 2 is 2.07 bits per heavy atom. The highest BCUT2D eigenvalue weighted by atomic mass is 16.5. The zero-order valence-electron chi connectivity index (χ0n) is 17.0. The second-order valence-electron chi connectivity index (χ2n) is 8.83. The van der Waals surface area contributed by atoms with Crippen LogP contribution < -0.4 is 15.0 Å². The van der Waals surface area contributed by atoms with Crippen molar-refractivity contribution in [2.24, 2.45) is 0 Å². The van der Waals surface area contributed by atoms with E-state index in [0.717, 1.165) is 26.1 Å². The van der Waals surface area contributed by atoms with Gasteiger partial charge in [0.1, 0.15) is 0 Å². The Kier molecular flexibility index (Phi) is 4.85. The van der Waals surface area contributed by atoms with Crippen LogP contribution in [0.25, 0.3) is 0 Å². The minimum atomic E-state index is 0.179. The van der Waals surface area contributed by atoms with Crippen molar-refractivity contribution in [2.75, 3.05) is 25.1 Å². The maximum atomic E-state index is 5.33. The Labute approximate surface area is 162 Å². The third kappa shape index (κ3) is 3.68. The van der Waals surface area contributed by atoms with Crippen molar-refractivity contribution in [1.82, 2.24) is 10.3 Å². The highest BCUT2D eigenvalue weighted by molar-refractivity contribution is 5.54. The van der Waals surface area contributed by atoms with Crippen LogP contribution in [-0.2, 0) is 18.4 Å². The number of hydrogen-bond donors (Lipinski definition) is 1. The summed E-state index contributed by atoms with van der Waals surface area (Å²) in [6.07, 6.45) is 5.43. The molecule has 0 aliphatic carbocycles. The predicted octanol–water partition coefficient (Wildman–Crippen LogP) is 4.37. The molecule has 144 valence electrons. The van der Waals surface area contributed by atoms with Crippen LogP contribution in [0.5, 0.6) is 5.88 Å². The Morgan fingerprint density at radius 1 is 1.22 bits per heavy atom. The predicted molar refractivity (Wildman–Crippen MR) is 111 cm³/mol.